The molecule has 0 saturated carbocycles. The normalized spacial score (nSPS) is 11.8. The van der Waals surface area contributed by atoms with Crippen LogP contribution in [0.2, 0.25) is 0 Å². The average molecular weight is 530 g/mol. The second-order valence-electron chi connectivity index (χ2n) is 8.87. The van der Waals surface area contributed by atoms with Crippen molar-refractivity contribution in [1.29, 1.82) is 0 Å². The first-order valence-electron chi connectivity index (χ1n) is 11.9. The van der Waals surface area contributed by atoms with Crippen LogP contribution in [0.25, 0.3) is 33.2 Å². The van der Waals surface area contributed by atoms with Crippen molar-refractivity contribution < 1.29 is 27.8 Å². The molecule has 2 heterocycles. The fraction of sp³-hybridized carbons (Fsp3) is 0.100. The van der Waals surface area contributed by atoms with Crippen LogP contribution in [0.3, 0.4) is 0 Å². The molecule has 1 aliphatic carbocycles. The number of ether oxygens (including phenoxy) is 1. The Balaban J connectivity index is 0.000000158. The third-order valence-corrected chi connectivity index (χ3v) is 6.53. The molecule has 3 aromatic carbocycles. The zero-order valence-corrected chi connectivity index (χ0v) is 20.7. The Morgan fingerprint density at radius 1 is 0.949 bits per heavy atom. The minimum Gasteiger partial charge on any atom is -0.494 e. The van der Waals surface area contributed by atoms with Crippen LogP contribution in [0.15, 0.2) is 85.2 Å². The molecule has 0 unspecified atom stereocenters. The molecule has 3 N–H and O–H groups in total. The van der Waals surface area contributed by atoms with Crippen molar-refractivity contribution in [2.24, 2.45) is 0 Å². The number of aromatic nitrogens is 2. The summed E-state index contributed by atoms with van der Waals surface area (Å²) in [6.45, 7) is 0. The maximum Gasteiger partial charge on any atom is 0.433 e. The number of alkyl halides is 3. The van der Waals surface area contributed by atoms with Gasteiger partial charge in [0.05, 0.1) is 12.7 Å². The summed E-state index contributed by atoms with van der Waals surface area (Å²) in [6, 6.07) is 21.2. The van der Waals surface area contributed by atoms with Crippen molar-refractivity contribution in [3.05, 3.63) is 108 Å². The number of benzene rings is 3. The van der Waals surface area contributed by atoms with Crippen LogP contribution in [0, 0.1) is 0 Å². The van der Waals surface area contributed by atoms with Crippen LogP contribution < -0.4 is 10.5 Å². The van der Waals surface area contributed by atoms with Crippen LogP contribution in [0.1, 0.15) is 27.2 Å². The number of rotatable bonds is 3. The minimum atomic E-state index is -4.60. The highest BCUT2D eigenvalue weighted by atomic mass is 19.4. The largest absolute Gasteiger partial charge is 0.494 e. The number of halogens is 3. The number of aromatic carboxylic acids is 1. The van der Waals surface area contributed by atoms with Gasteiger partial charge in [-0.05, 0) is 81.9 Å². The van der Waals surface area contributed by atoms with Gasteiger partial charge in [0, 0.05) is 29.9 Å². The zero-order valence-electron chi connectivity index (χ0n) is 20.7. The molecule has 9 heteroatoms. The van der Waals surface area contributed by atoms with Crippen molar-refractivity contribution in [3.8, 4) is 28.0 Å². The minimum absolute atomic E-state index is 0.0890. The number of hydrogen-bond donors (Lipinski definition) is 2. The molecule has 0 saturated heterocycles. The van der Waals surface area contributed by atoms with E-state index in [4.69, 9.17) is 15.6 Å². The summed E-state index contributed by atoms with van der Waals surface area (Å²) < 4.78 is 42.7. The number of nitrogens with zero attached hydrogens (tertiary/aromatic N) is 2. The number of carbonyl (C=O) groups is 1. The Bertz CT molecular complexity index is 1700. The number of methoxy groups -OCH3 is 1. The molecule has 0 bridgehead atoms. The third-order valence-electron chi connectivity index (χ3n) is 6.53. The lowest BCUT2D eigenvalue weighted by Crippen LogP contribution is -2.09. The molecule has 2 aromatic heterocycles. The Labute approximate surface area is 221 Å². The highest BCUT2D eigenvalue weighted by molar-refractivity contribution is 6.04. The summed E-state index contributed by atoms with van der Waals surface area (Å²) in [4.78, 5) is 18.5. The maximum atomic E-state index is 12.6. The van der Waals surface area contributed by atoms with Crippen molar-refractivity contribution in [3.63, 3.8) is 0 Å². The summed E-state index contributed by atoms with van der Waals surface area (Å²) in [5.74, 6) is -1.15. The molecule has 6 rings (SSSR count). The molecule has 6 nitrogen and oxygen atoms in total. The molecule has 0 spiro atoms. The van der Waals surface area contributed by atoms with E-state index in [9.17, 15) is 18.0 Å². The summed E-state index contributed by atoms with van der Waals surface area (Å²) in [5, 5.41) is 9.08. The quantitative estimate of drug-likeness (QED) is 0.243. The predicted molar refractivity (Wildman–Crippen MR) is 143 cm³/mol. The number of nitrogens with two attached hydrogens (primary N) is 1. The first-order valence-corrected chi connectivity index (χ1v) is 11.9. The second-order valence-corrected chi connectivity index (χ2v) is 8.87. The van der Waals surface area contributed by atoms with Gasteiger partial charge < -0.3 is 15.6 Å². The fourth-order valence-electron chi connectivity index (χ4n) is 4.67. The van der Waals surface area contributed by atoms with E-state index in [0.717, 1.165) is 35.4 Å². The summed E-state index contributed by atoms with van der Waals surface area (Å²) in [7, 11) is 1.27. The van der Waals surface area contributed by atoms with Crippen LogP contribution in [-0.4, -0.2) is 28.2 Å². The number of carboxylic acid groups (broad SMARTS) is 1. The average Bonchev–Trinajstić information content (AvgIpc) is 3.32. The number of carboxylic acids is 1. The van der Waals surface area contributed by atoms with Gasteiger partial charge in [-0.3, -0.25) is 4.98 Å². The van der Waals surface area contributed by atoms with Crippen molar-refractivity contribution in [2.75, 3.05) is 12.8 Å². The molecule has 196 valence electrons. The van der Waals surface area contributed by atoms with Gasteiger partial charge in [-0.2, -0.15) is 13.2 Å². The third kappa shape index (κ3) is 4.98. The highest BCUT2D eigenvalue weighted by Gasteiger charge is 2.33. The van der Waals surface area contributed by atoms with E-state index in [2.05, 4.69) is 46.4 Å². The predicted octanol–water partition coefficient (Wildman–Crippen LogP) is 6.86. The van der Waals surface area contributed by atoms with E-state index in [0.29, 0.717) is 0 Å². The summed E-state index contributed by atoms with van der Waals surface area (Å²) >= 11 is 0. The van der Waals surface area contributed by atoms with E-state index < -0.39 is 17.8 Å². The van der Waals surface area contributed by atoms with E-state index in [1.807, 2.05) is 24.5 Å². The molecular weight excluding hydrogens is 507 g/mol. The lowest BCUT2D eigenvalue weighted by atomic mass is 9.98. The van der Waals surface area contributed by atoms with Gasteiger partial charge in [0.2, 0.25) is 0 Å². The summed E-state index contributed by atoms with van der Waals surface area (Å²) in [6.07, 6.45) is -0.0359. The summed E-state index contributed by atoms with van der Waals surface area (Å²) in [5.41, 5.74) is 13.3. The molecule has 0 atom stereocenters. The van der Waals surface area contributed by atoms with Crippen molar-refractivity contribution in [1.82, 2.24) is 9.97 Å². The highest BCUT2D eigenvalue weighted by Crippen LogP contribution is 2.42. The standard InChI is InChI=1S/C18H14N2.C12H8F3NO3/c19-18-11-14(12-5-7-20-8-6-12)10-16-15-4-2-1-3-13(15)9-17(16)18;1-19-8-4-2-7(11(17)18)6-3-5-9(12(13,14)15)16-10(6)8/h1-8,10-11H,9,19H2;2-5H,1H3,(H,17,18). The molecular formula is C30H22F3N3O3. The van der Waals surface area contributed by atoms with E-state index in [1.165, 1.54) is 41.5 Å². The number of anilines is 1. The topological polar surface area (TPSA) is 98.3 Å². The second kappa shape index (κ2) is 10.1. The van der Waals surface area contributed by atoms with Crippen molar-refractivity contribution >= 4 is 22.6 Å². The van der Waals surface area contributed by atoms with Crippen LogP contribution in [-0.2, 0) is 12.6 Å². The zero-order chi connectivity index (χ0) is 27.7. The Morgan fingerprint density at radius 3 is 2.38 bits per heavy atom. The molecule has 39 heavy (non-hydrogen) atoms. The molecule has 0 aliphatic heterocycles. The molecule has 5 aromatic rings. The first-order chi connectivity index (χ1) is 18.7. The molecule has 1 aliphatic rings. The number of pyridine rings is 2. The van der Waals surface area contributed by atoms with Crippen LogP contribution in [0.5, 0.6) is 5.75 Å². The molecule has 0 fully saturated rings. The van der Waals surface area contributed by atoms with Gasteiger partial charge >= 0.3 is 12.1 Å². The van der Waals surface area contributed by atoms with E-state index in [-0.39, 0.29) is 22.2 Å². The van der Waals surface area contributed by atoms with Gasteiger partial charge in [-0.25, -0.2) is 9.78 Å². The van der Waals surface area contributed by atoms with Crippen LogP contribution >= 0.6 is 0 Å². The van der Waals surface area contributed by atoms with E-state index in [1.54, 1.807) is 0 Å². The van der Waals surface area contributed by atoms with E-state index >= 15 is 0 Å². The van der Waals surface area contributed by atoms with Gasteiger partial charge in [-0.1, -0.05) is 24.3 Å². The van der Waals surface area contributed by atoms with Crippen molar-refractivity contribution in [2.45, 2.75) is 12.6 Å². The molecule has 0 radical (unpaired) electrons. The van der Waals surface area contributed by atoms with Gasteiger partial charge in [0.15, 0.2) is 0 Å². The Morgan fingerprint density at radius 2 is 1.69 bits per heavy atom. The Hall–Kier alpha value is -4.92. The first kappa shape index (κ1) is 25.7. The molecule has 0 amide bonds. The lowest BCUT2D eigenvalue weighted by Gasteiger charge is -2.10. The van der Waals surface area contributed by atoms with Gasteiger partial charge in [0.25, 0.3) is 0 Å². The SMILES string of the molecule is COc1ccc(C(=O)O)c2ccc(C(F)(F)F)nc12.Nc1cc(-c2ccncc2)cc2c1Cc1ccccc1-2. The van der Waals surface area contributed by atoms with Crippen LogP contribution in [0.4, 0.5) is 18.9 Å². The van der Waals surface area contributed by atoms with Gasteiger partial charge in [0.1, 0.15) is 17.0 Å². The maximum absolute atomic E-state index is 12.6. The fourth-order valence-corrected chi connectivity index (χ4v) is 4.67. The smallest absolute Gasteiger partial charge is 0.433 e. The Kier molecular flexibility index (Phi) is 6.66. The number of hydrogen-bond acceptors (Lipinski definition) is 5. The lowest BCUT2D eigenvalue weighted by molar-refractivity contribution is -0.140. The number of fused-ring (bicyclic) bond motifs is 4. The van der Waals surface area contributed by atoms with Gasteiger partial charge in [-0.15, -0.1) is 0 Å². The monoisotopic (exact) mass is 529 g/mol. The number of nitrogen functional groups attached to an aromatic ring is 1.